The van der Waals surface area contributed by atoms with Crippen LogP contribution < -0.4 is 0 Å². The van der Waals surface area contributed by atoms with Crippen LogP contribution in [-0.4, -0.2) is 6.54 Å². The van der Waals surface area contributed by atoms with Crippen molar-refractivity contribution in [2.75, 3.05) is 6.54 Å². The second kappa shape index (κ2) is 5.98. The first kappa shape index (κ1) is 11.5. The van der Waals surface area contributed by atoms with Gasteiger partial charge in [-0.1, -0.05) is 34.6 Å². The van der Waals surface area contributed by atoms with Gasteiger partial charge in [0.05, 0.1) is 5.02 Å². The molecule has 1 aromatic carbocycles. The summed E-state index contributed by atoms with van der Waals surface area (Å²) in [5, 5.41) is 4.04. The van der Waals surface area contributed by atoms with E-state index >= 15 is 0 Å². The van der Waals surface area contributed by atoms with Crippen molar-refractivity contribution in [2.24, 2.45) is 5.11 Å². The zero-order valence-electron chi connectivity index (χ0n) is 8.37. The molecule has 4 heteroatoms. The van der Waals surface area contributed by atoms with Crippen LogP contribution in [0.15, 0.2) is 23.3 Å². The minimum Gasteiger partial charge on any atom is -0.0977 e. The van der Waals surface area contributed by atoms with Gasteiger partial charge in [0.1, 0.15) is 0 Å². The Labute approximate surface area is 93.7 Å². The number of aryl methyl sites for hydroxylation is 1. The van der Waals surface area contributed by atoms with Crippen LogP contribution in [0.1, 0.15) is 17.5 Å². The van der Waals surface area contributed by atoms with Crippen LogP contribution in [0.2, 0.25) is 5.02 Å². The summed E-state index contributed by atoms with van der Waals surface area (Å²) in [7, 11) is 0. The Morgan fingerprint density at radius 3 is 3.07 bits per heavy atom. The Morgan fingerprint density at radius 1 is 1.53 bits per heavy atom. The molecule has 0 N–H and O–H groups in total. The molecule has 0 saturated heterocycles. The van der Waals surface area contributed by atoms with Crippen molar-refractivity contribution in [3.05, 3.63) is 44.8 Å². The third-order valence-corrected chi connectivity index (χ3v) is 2.07. The topological polar surface area (TPSA) is 48.8 Å². The second-order valence-electron chi connectivity index (χ2n) is 2.99. The summed E-state index contributed by atoms with van der Waals surface area (Å²) in [6.07, 6.45) is 0.550. The molecule has 0 fully saturated rings. The SMILES string of the molecule is Cc1ccc(Cl)c(C#CCCN=[N+]=[N-])c1. The van der Waals surface area contributed by atoms with E-state index in [9.17, 15) is 0 Å². The van der Waals surface area contributed by atoms with Gasteiger partial charge >= 0.3 is 0 Å². The first-order valence-corrected chi connectivity index (χ1v) is 4.87. The highest BCUT2D eigenvalue weighted by Gasteiger charge is 1.95. The van der Waals surface area contributed by atoms with Crippen LogP contribution in [0.4, 0.5) is 0 Å². The van der Waals surface area contributed by atoms with Gasteiger partial charge in [-0.25, -0.2) is 0 Å². The molecule has 0 bridgehead atoms. The maximum absolute atomic E-state index is 8.05. The van der Waals surface area contributed by atoms with Gasteiger partial charge < -0.3 is 0 Å². The van der Waals surface area contributed by atoms with Crippen LogP contribution >= 0.6 is 11.6 Å². The molecule has 3 nitrogen and oxygen atoms in total. The molecule has 1 aromatic rings. The smallest absolute Gasteiger partial charge is 0.0562 e. The molecule has 0 aliphatic heterocycles. The molecule has 0 amide bonds. The van der Waals surface area contributed by atoms with Crippen molar-refractivity contribution < 1.29 is 0 Å². The number of hydrogen-bond donors (Lipinski definition) is 0. The third-order valence-electron chi connectivity index (χ3n) is 1.74. The molecule has 0 atom stereocenters. The molecule has 0 spiro atoms. The number of benzene rings is 1. The normalized spacial score (nSPS) is 8.67. The standard InChI is InChI=1S/C11H10ClN3/c1-9-5-6-11(12)10(8-9)4-2-3-7-14-15-13/h5-6,8H,3,7H2,1H3. The van der Waals surface area contributed by atoms with Gasteiger partial charge in [0.25, 0.3) is 0 Å². The van der Waals surface area contributed by atoms with Crippen molar-refractivity contribution in [2.45, 2.75) is 13.3 Å². The average Bonchev–Trinajstić information content (AvgIpc) is 2.23. The predicted octanol–water partition coefficient (Wildman–Crippen LogP) is 3.70. The van der Waals surface area contributed by atoms with Gasteiger partial charge in [0.2, 0.25) is 0 Å². The van der Waals surface area contributed by atoms with Crippen LogP contribution in [0.25, 0.3) is 10.4 Å². The Balaban J connectivity index is 2.70. The van der Waals surface area contributed by atoms with E-state index in [0.29, 0.717) is 18.0 Å². The summed E-state index contributed by atoms with van der Waals surface area (Å²) < 4.78 is 0. The van der Waals surface area contributed by atoms with E-state index in [2.05, 4.69) is 21.9 Å². The van der Waals surface area contributed by atoms with Gasteiger partial charge in [0, 0.05) is 23.4 Å². The number of hydrogen-bond acceptors (Lipinski definition) is 1. The summed E-state index contributed by atoms with van der Waals surface area (Å²) in [6.45, 7) is 2.38. The van der Waals surface area contributed by atoms with Crippen molar-refractivity contribution in [1.29, 1.82) is 0 Å². The van der Waals surface area contributed by atoms with Crippen LogP contribution in [0.5, 0.6) is 0 Å². The average molecular weight is 220 g/mol. The van der Waals surface area contributed by atoms with Crippen molar-refractivity contribution in [1.82, 2.24) is 0 Å². The first-order valence-electron chi connectivity index (χ1n) is 4.50. The van der Waals surface area contributed by atoms with Gasteiger partial charge in [0.15, 0.2) is 0 Å². The maximum Gasteiger partial charge on any atom is 0.0562 e. The summed E-state index contributed by atoms with van der Waals surface area (Å²) in [5.74, 6) is 5.85. The highest BCUT2D eigenvalue weighted by molar-refractivity contribution is 6.31. The van der Waals surface area contributed by atoms with Gasteiger partial charge in [-0.15, -0.1) is 0 Å². The molecule has 76 valence electrons. The fraction of sp³-hybridized carbons (Fsp3) is 0.273. The summed E-state index contributed by atoms with van der Waals surface area (Å²) in [6, 6.07) is 5.70. The Hall–Kier alpha value is -1.62. The number of nitrogens with zero attached hydrogens (tertiary/aromatic N) is 3. The molecule has 0 heterocycles. The molecule has 0 saturated carbocycles. The lowest BCUT2D eigenvalue weighted by Gasteiger charge is -1.96. The first-order chi connectivity index (χ1) is 7.24. The van der Waals surface area contributed by atoms with E-state index in [0.717, 1.165) is 11.1 Å². The minimum absolute atomic E-state index is 0.396. The number of azide groups is 1. The number of rotatable bonds is 2. The zero-order chi connectivity index (χ0) is 11.1. The number of halogens is 1. The van der Waals surface area contributed by atoms with Gasteiger partial charge in [-0.3, -0.25) is 0 Å². The predicted molar refractivity (Wildman–Crippen MR) is 61.7 cm³/mol. The third kappa shape index (κ3) is 3.95. The van der Waals surface area contributed by atoms with E-state index in [-0.39, 0.29) is 0 Å². The quantitative estimate of drug-likeness (QED) is 0.239. The minimum atomic E-state index is 0.396. The zero-order valence-corrected chi connectivity index (χ0v) is 9.12. The lowest BCUT2D eigenvalue weighted by Crippen LogP contribution is -1.80. The lowest BCUT2D eigenvalue weighted by molar-refractivity contribution is 1.01. The van der Waals surface area contributed by atoms with E-state index in [1.165, 1.54) is 0 Å². The van der Waals surface area contributed by atoms with Gasteiger partial charge in [-0.2, -0.15) is 0 Å². The van der Waals surface area contributed by atoms with Crippen LogP contribution in [0, 0.1) is 18.8 Å². The molecule has 0 aliphatic rings. The van der Waals surface area contributed by atoms with Gasteiger partial charge in [-0.05, 0) is 30.2 Å². The Morgan fingerprint density at radius 2 is 2.33 bits per heavy atom. The monoisotopic (exact) mass is 219 g/mol. The second-order valence-corrected chi connectivity index (χ2v) is 3.40. The van der Waals surface area contributed by atoms with E-state index in [1.807, 2.05) is 25.1 Å². The molecule has 0 aliphatic carbocycles. The molecule has 0 unspecified atom stereocenters. The van der Waals surface area contributed by atoms with E-state index < -0.39 is 0 Å². The van der Waals surface area contributed by atoms with Crippen molar-refractivity contribution >= 4 is 11.6 Å². The highest BCUT2D eigenvalue weighted by Crippen LogP contribution is 2.15. The molecule has 1 rings (SSSR count). The van der Waals surface area contributed by atoms with Crippen molar-refractivity contribution in [3.63, 3.8) is 0 Å². The molecule has 15 heavy (non-hydrogen) atoms. The van der Waals surface area contributed by atoms with Crippen LogP contribution in [0.3, 0.4) is 0 Å². The largest absolute Gasteiger partial charge is 0.0977 e. The molecule has 0 aromatic heterocycles. The Bertz CT molecular complexity index is 451. The van der Waals surface area contributed by atoms with E-state index in [1.54, 1.807) is 0 Å². The van der Waals surface area contributed by atoms with E-state index in [4.69, 9.17) is 17.1 Å². The fourth-order valence-corrected chi connectivity index (χ4v) is 1.21. The summed E-state index contributed by atoms with van der Waals surface area (Å²) >= 11 is 5.95. The van der Waals surface area contributed by atoms with Crippen molar-refractivity contribution in [3.8, 4) is 11.8 Å². The highest BCUT2D eigenvalue weighted by atomic mass is 35.5. The molecular weight excluding hydrogens is 210 g/mol. The van der Waals surface area contributed by atoms with Crippen LogP contribution in [-0.2, 0) is 0 Å². The fourth-order valence-electron chi connectivity index (χ4n) is 1.04. The Kier molecular flexibility index (Phi) is 4.56. The summed E-state index contributed by atoms with van der Waals surface area (Å²) in [5.41, 5.74) is 9.99. The lowest BCUT2D eigenvalue weighted by atomic mass is 10.1. The summed E-state index contributed by atoms with van der Waals surface area (Å²) in [4.78, 5) is 2.64. The molecular formula is C11H10ClN3. The molecule has 0 radical (unpaired) electrons. The maximum atomic E-state index is 8.05.